The lowest BCUT2D eigenvalue weighted by molar-refractivity contribution is 0.0678. The van der Waals surface area contributed by atoms with Crippen LogP contribution in [0.1, 0.15) is 23.2 Å². The van der Waals surface area contributed by atoms with Gasteiger partial charge >= 0.3 is 5.97 Å². The fourth-order valence-electron chi connectivity index (χ4n) is 2.60. The van der Waals surface area contributed by atoms with E-state index in [9.17, 15) is 9.90 Å². The normalized spacial score (nSPS) is 17.0. The minimum absolute atomic E-state index is 0.0352. The molecule has 1 aliphatic heterocycles. The smallest absolute Gasteiger partial charge is 0.341 e. The summed E-state index contributed by atoms with van der Waals surface area (Å²) in [5.41, 5.74) is 0.887. The van der Waals surface area contributed by atoms with Gasteiger partial charge in [0, 0.05) is 18.5 Å². The quantitative estimate of drug-likeness (QED) is 0.938. The Morgan fingerprint density at radius 1 is 1.33 bits per heavy atom. The monoisotopic (exact) mass is 286 g/mol. The molecule has 110 valence electrons. The summed E-state index contributed by atoms with van der Waals surface area (Å²) < 4.78 is 5.89. The molecule has 0 amide bonds. The van der Waals surface area contributed by atoms with E-state index in [2.05, 4.69) is 16.9 Å². The third-order valence-electron chi connectivity index (χ3n) is 3.86. The lowest BCUT2D eigenvalue weighted by Gasteiger charge is -2.29. The summed E-state index contributed by atoms with van der Waals surface area (Å²) in [6, 6.07) is 9.10. The van der Waals surface area contributed by atoms with E-state index in [1.807, 2.05) is 24.3 Å². The highest BCUT2D eigenvalue weighted by Gasteiger charge is 2.22. The Morgan fingerprint density at radius 2 is 2.05 bits per heavy atom. The number of para-hydroxylation sites is 1. The van der Waals surface area contributed by atoms with Crippen LogP contribution < -0.4 is 4.74 Å². The molecule has 1 saturated heterocycles. The van der Waals surface area contributed by atoms with Crippen molar-refractivity contribution in [2.24, 2.45) is 0 Å². The minimum Gasteiger partial charge on any atom is -0.477 e. The fraction of sp³-hybridized carbons (Fsp3) is 0.375. The van der Waals surface area contributed by atoms with E-state index in [-0.39, 0.29) is 17.5 Å². The zero-order valence-electron chi connectivity index (χ0n) is 12.0. The van der Waals surface area contributed by atoms with Crippen LogP contribution in [0.15, 0.2) is 30.3 Å². The molecule has 0 radical (unpaired) electrons. The topological polar surface area (TPSA) is 62.7 Å². The second-order valence-corrected chi connectivity index (χ2v) is 5.46. The number of nitrogens with zero attached hydrogens (tertiary/aromatic N) is 2. The highest BCUT2D eigenvalue weighted by Crippen LogP contribution is 2.25. The van der Waals surface area contributed by atoms with Crippen molar-refractivity contribution in [2.75, 3.05) is 20.1 Å². The molecule has 0 atom stereocenters. The highest BCUT2D eigenvalue weighted by molar-refractivity contribution is 5.95. The van der Waals surface area contributed by atoms with Gasteiger partial charge in [0.25, 0.3) is 0 Å². The number of carboxylic acid groups (broad SMARTS) is 1. The summed E-state index contributed by atoms with van der Waals surface area (Å²) in [7, 11) is 2.08. The van der Waals surface area contributed by atoms with Gasteiger partial charge in [-0.15, -0.1) is 0 Å². The maximum atomic E-state index is 11.4. The van der Waals surface area contributed by atoms with Crippen LogP contribution >= 0.6 is 0 Å². The van der Waals surface area contributed by atoms with Gasteiger partial charge < -0.3 is 14.7 Å². The van der Waals surface area contributed by atoms with Crippen LogP contribution in [-0.2, 0) is 0 Å². The number of carbonyl (C=O) groups is 1. The second-order valence-electron chi connectivity index (χ2n) is 5.46. The van der Waals surface area contributed by atoms with Crippen LogP contribution in [0.4, 0.5) is 0 Å². The van der Waals surface area contributed by atoms with Crippen molar-refractivity contribution >= 4 is 16.9 Å². The molecule has 0 spiro atoms. The number of aromatic carboxylic acids is 1. The van der Waals surface area contributed by atoms with Crippen molar-refractivity contribution in [1.29, 1.82) is 0 Å². The number of hydrogen-bond acceptors (Lipinski definition) is 4. The fourth-order valence-corrected chi connectivity index (χ4v) is 2.60. The molecule has 3 rings (SSSR count). The number of aromatic nitrogens is 1. The molecule has 1 N–H and O–H groups in total. The molecule has 0 bridgehead atoms. The summed E-state index contributed by atoms with van der Waals surface area (Å²) in [5, 5.41) is 10.2. The van der Waals surface area contributed by atoms with Crippen molar-refractivity contribution < 1.29 is 14.6 Å². The number of carboxylic acids is 1. The molecule has 1 aromatic carbocycles. The van der Waals surface area contributed by atoms with Crippen LogP contribution in [0.25, 0.3) is 10.9 Å². The molecule has 21 heavy (non-hydrogen) atoms. The Morgan fingerprint density at radius 3 is 2.76 bits per heavy atom. The molecule has 2 heterocycles. The van der Waals surface area contributed by atoms with Crippen LogP contribution in [0.5, 0.6) is 5.88 Å². The lowest BCUT2D eigenvalue weighted by Crippen LogP contribution is -2.36. The third-order valence-corrected chi connectivity index (χ3v) is 3.86. The molecule has 5 heteroatoms. The van der Waals surface area contributed by atoms with Crippen molar-refractivity contribution in [2.45, 2.75) is 18.9 Å². The predicted molar refractivity (Wildman–Crippen MR) is 79.8 cm³/mol. The average Bonchev–Trinajstić information content (AvgIpc) is 2.48. The molecule has 0 saturated carbocycles. The number of pyridine rings is 1. The SMILES string of the molecule is CN1CCC(Oc2nc3ccccc3cc2C(=O)O)CC1. The first-order valence-electron chi connectivity index (χ1n) is 7.12. The predicted octanol–water partition coefficient (Wildman–Crippen LogP) is 2.41. The Labute approximate surface area is 123 Å². The maximum Gasteiger partial charge on any atom is 0.341 e. The molecular formula is C16H18N2O3. The van der Waals surface area contributed by atoms with Gasteiger partial charge in [-0.2, -0.15) is 0 Å². The van der Waals surface area contributed by atoms with Gasteiger partial charge in [-0.3, -0.25) is 0 Å². The first-order valence-corrected chi connectivity index (χ1v) is 7.12. The molecule has 5 nitrogen and oxygen atoms in total. The third kappa shape index (κ3) is 2.97. The van der Waals surface area contributed by atoms with Gasteiger partial charge in [0.2, 0.25) is 5.88 Å². The summed E-state index contributed by atoms with van der Waals surface area (Å²) in [6.07, 6.45) is 1.82. The summed E-state index contributed by atoms with van der Waals surface area (Å²) in [5.74, 6) is -0.771. The maximum absolute atomic E-state index is 11.4. The van der Waals surface area contributed by atoms with E-state index >= 15 is 0 Å². The lowest BCUT2D eigenvalue weighted by atomic mass is 10.1. The molecule has 1 aromatic heterocycles. The molecule has 1 aliphatic rings. The first-order chi connectivity index (χ1) is 10.1. The molecule has 0 unspecified atom stereocenters. The van der Waals surface area contributed by atoms with E-state index in [1.54, 1.807) is 6.07 Å². The van der Waals surface area contributed by atoms with E-state index in [0.717, 1.165) is 36.8 Å². The average molecular weight is 286 g/mol. The molecule has 1 fully saturated rings. The van der Waals surface area contributed by atoms with Crippen molar-refractivity contribution in [3.8, 4) is 5.88 Å². The van der Waals surface area contributed by atoms with E-state index in [0.29, 0.717) is 0 Å². The van der Waals surface area contributed by atoms with Crippen LogP contribution in [0.2, 0.25) is 0 Å². The van der Waals surface area contributed by atoms with Crippen molar-refractivity contribution in [3.63, 3.8) is 0 Å². The number of ether oxygens (including phenoxy) is 1. The number of benzene rings is 1. The van der Waals surface area contributed by atoms with Gasteiger partial charge in [-0.05, 0) is 32.0 Å². The largest absolute Gasteiger partial charge is 0.477 e. The van der Waals surface area contributed by atoms with Crippen LogP contribution in [-0.4, -0.2) is 47.2 Å². The van der Waals surface area contributed by atoms with Gasteiger partial charge in [-0.25, -0.2) is 9.78 Å². The zero-order valence-corrected chi connectivity index (χ0v) is 12.0. The first kappa shape index (κ1) is 13.8. The molecule has 0 aliphatic carbocycles. The van der Waals surface area contributed by atoms with Gasteiger partial charge in [-0.1, -0.05) is 18.2 Å². The number of rotatable bonds is 3. The van der Waals surface area contributed by atoms with Crippen LogP contribution in [0, 0.1) is 0 Å². The van der Waals surface area contributed by atoms with Crippen LogP contribution in [0.3, 0.4) is 0 Å². The standard InChI is InChI=1S/C16H18N2O3/c1-18-8-6-12(7-9-18)21-15-13(16(19)20)10-11-4-2-3-5-14(11)17-15/h2-5,10,12H,6-9H2,1H3,(H,19,20). The number of fused-ring (bicyclic) bond motifs is 1. The highest BCUT2D eigenvalue weighted by atomic mass is 16.5. The Hall–Kier alpha value is -2.14. The summed E-state index contributed by atoms with van der Waals surface area (Å²) in [4.78, 5) is 18.1. The molecular weight excluding hydrogens is 268 g/mol. The van der Waals surface area contributed by atoms with Gasteiger partial charge in [0.1, 0.15) is 11.7 Å². The Balaban J connectivity index is 1.92. The molecule has 2 aromatic rings. The van der Waals surface area contributed by atoms with E-state index in [1.165, 1.54) is 0 Å². The Bertz CT molecular complexity index is 664. The summed E-state index contributed by atoms with van der Waals surface area (Å²) in [6.45, 7) is 1.92. The summed E-state index contributed by atoms with van der Waals surface area (Å²) >= 11 is 0. The van der Waals surface area contributed by atoms with Gasteiger partial charge in [0.15, 0.2) is 0 Å². The Kier molecular flexibility index (Phi) is 3.75. The van der Waals surface area contributed by atoms with Crippen molar-refractivity contribution in [1.82, 2.24) is 9.88 Å². The number of hydrogen-bond donors (Lipinski definition) is 1. The minimum atomic E-state index is -1.00. The van der Waals surface area contributed by atoms with Crippen molar-refractivity contribution in [3.05, 3.63) is 35.9 Å². The van der Waals surface area contributed by atoms with E-state index < -0.39 is 5.97 Å². The zero-order chi connectivity index (χ0) is 14.8. The van der Waals surface area contributed by atoms with E-state index in [4.69, 9.17) is 4.74 Å². The second kappa shape index (κ2) is 5.69. The number of piperidine rings is 1. The number of likely N-dealkylation sites (tertiary alicyclic amines) is 1. The van der Waals surface area contributed by atoms with Gasteiger partial charge in [0.05, 0.1) is 5.52 Å².